The molecule has 6 heteroatoms. The molecular formula is C20H20Cl2NO2S-. The van der Waals surface area contributed by atoms with E-state index in [2.05, 4.69) is 28.9 Å². The highest BCUT2D eigenvalue weighted by molar-refractivity contribution is 7.09. The molecule has 3 nitrogen and oxygen atoms in total. The lowest BCUT2D eigenvalue weighted by molar-refractivity contribution is -0.00000545. The lowest BCUT2D eigenvalue weighted by atomic mass is 10.2. The van der Waals surface area contributed by atoms with Gasteiger partial charge in [-0.1, -0.05) is 35.9 Å². The smallest absolute Gasteiger partial charge is 0.161 e. The van der Waals surface area contributed by atoms with Gasteiger partial charge in [-0.3, -0.25) is 0 Å². The lowest BCUT2D eigenvalue weighted by Crippen LogP contribution is -3.00. The molecule has 1 aromatic heterocycles. The summed E-state index contributed by atoms with van der Waals surface area (Å²) in [6.07, 6.45) is 0. The molecule has 0 bridgehead atoms. The van der Waals surface area contributed by atoms with Crippen LogP contribution in [0.3, 0.4) is 0 Å². The molecule has 0 saturated carbocycles. The van der Waals surface area contributed by atoms with Crippen molar-refractivity contribution in [3.63, 3.8) is 0 Å². The highest BCUT2D eigenvalue weighted by atomic mass is 35.5. The Bertz CT molecular complexity index is 809. The molecule has 0 spiro atoms. The highest BCUT2D eigenvalue weighted by Gasteiger charge is 2.07. The summed E-state index contributed by atoms with van der Waals surface area (Å²) in [7, 11) is 1.66. The first-order valence-corrected chi connectivity index (χ1v) is 9.27. The van der Waals surface area contributed by atoms with Crippen molar-refractivity contribution in [1.82, 2.24) is 5.32 Å². The molecule has 0 aliphatic carbocycles. The molecule has 0 atom stereocenters. The summed E-state index contributed by atoms with van der Waals surface area (Å²) < 4.78 is 11.4. The van der Waals surface area contributed by atoms with Gasteiger partial charge in [0.2, 0.25) is 0 Å². The van der Waals surface area contributed by atoms with E-state index in [0.717, 1.165) is 35.7 Å². The monoisotopic (exact) mass is 408 g/mol. The van der Waals surface area contributed by atoms with E-state index >= 15 is 0 Å². The van der Waals surface area contributed by atoms with Gasteiger partial charge < -0.3 is 27.2 Å². The maximum absolute atomic E-state index is 6.00. The molecule has 26 heavy (non-hydrogen) atoms. The molecule has 0 aliphatic heterocycles. The predicted molar refractivity (Wildman–Crippen MR) is 104 cm³/mol. The van der Waals surface area contributed by atoms with Crippen molar-refractivity contribution in [3.05, 3.63) is 81.0 Å². The van der Waals surface area contributed by atoms with Crippen LogP contribution < -0.4 is 27.2 Å². The van der Waals surface area contributed by atoms with E-state index in [1.54, 1.807) is 18.4 Å². The molecule has 0 aliphatic rings. The van der Waals surface area contributed by atoms with Crippen LogP contribution in [0, 0.1) is 0 Å². The van der Waals surface area contributed by atoms with Gasteiger partial charge in [-0.25, -0.2) is 0 Å². The number of methoxy groups -OCH3 is 1. The van der Waals surface area contributed by atoms with Crippen molar-refractivity contribution in [3.8, 4) is 11.5 Å². The standard InChI is InChI=1S/C20H20ClNO2S.ClH/c1-23-20-11-15(12-22-13-18-6-3-9-25-18)7-8-19(20)24-14-16-4-2-5-17(21)10-16;/h2-11,22H,12-14H2,1H3;1H/p-1. The Kier molecular flexibility index (Phi) is 8.26. The summed E-state index contributed by atoms with van der Waals surface area (Å²) in [6, 6.07) is 17.9. The molecule has 138 valence electrons. The molecule has 0 fully saturated rings. The van der Waals surface area contributed by atoms with E-state index in [1.165, 1.54) is 4.88 Å². The first kappa shape index (κ1) is 20.6. The van der Waals surface area contributed by atoms with Gasteiger partial charge in [0.15, 0.2) is 11.5 Å². The van der Waals surface area contributed by atoms with Gasteiger partial charge in [0, 0.05) is 23.0 Å². The number of nitrogens with one attached hydrogen (secondary N) is 1. The van der Waals surface area contributed by atoms with E-state index in [9.17, 15) is 0 Å². The third kappa shape index (κ3) is 5.92. The zero-order valence-corrected chi connectivity index (χ0v) is 16.7. The summed E-state index contributed by atoms with van der Waals surface area (Å²) in [5.74, 6) is 1.46. The summed E-state index contributed by atoms with van der Waals surface area (Å²) in [4.78, 5) is 1.33. The fourth-order valence-corrected chi connectivity index (χ4v) is 3.36. The molecule has 2 aromatic carbocycles. The molecule has 3 aromatic rings. The number of benzene rings is 2. The van der Waals surface area contributed by atoms with Gasteiger partial charge in [-0.15, -0.1) is 11.3 Å². The normalized spacial score (nSPS) is 10.2. The Hall–Kier alpha value is -1.72. The van der Waals surface area contributed by atoms with Crippen molar-refractivity contribution < 1.29 is 21.9 Å². The largest absolute Gasteiger partial charge is 1.00 e. The number of rotatable bonds is 8. The van der Waals surface area contributed by atoms with Gasteiger partial charge in [0.1, 0.15) is 6.61 Å². The van der Waals surface area contributed by atoms with E-state index in [0.29, 0.717) is 11.6 Å². The Morgan fingerprint density at radius 1 is 0.962 bits per heavy atom. The molecule has 0 unspecified atom stereocenters. The Labute approximate surface area is 169 Å². The molecular weight excluding hydrogens is 389 g/mol. The minimum atomic E-state index is 0. The van der Waals surface area contributed by atoms with E-state index in [4.69, 9.17) is 21.1 Å². The van der Waals surface area contributed by atoms with Gasteiger partial charge in [-0.2, -0.15) is 0 Å². The summed E-state index contributed by atoms with van der Waals surface area (Å²) >= 11 is 7.76. The van der Waals surface area contributed by atoms with E-state index in [1.807, 2.05) is 36.4 Å². The van der Waals surface area contributed by atoms with Crippen LogP contribution in [0.5, 0.6) is 11.5 Å². The number of halogens is 2. The third-order valence-corrected chi connectivity index (χ3v) is 4.83. The first-order valence-electron chi connectivity index (χ1n) is 8.02. The van der Waals surface area contributed by atoms with E-state index < -0.39 is 0 Å². The maximum atomic E-state index is 6.00. The number of hydrogen-bond donors (Lipinski definition) is 1. The Morgan fingerprint density at radius 2 is 1.85 bits per heavy atom. The molecule has 1 N–H and O–H groups in total. The third-order valence-electron chi connectivity index (χ3n) is 3.72. The Morgan fingerprint density at radius 3 is 2.58 bits per heavy atom. The van der Waals surface area contributed by atoms with Crippen molar-refractivity contribution >= 4 is 22.9 Å². The number of ether oxygens (including phenoxy) is 2. The molecule has 0 saturated heterocycles. The Balaban J connectivity index is 0.00000243. The second-order valence-corrected chi connectivity index (χ2v) is 7.06. The highest BCUT2D eigenvalue weighted by Crippen LogP contribution is 2.29. The second kappa shape index (κ2) is 10.4. The van der Waals surface area contributed by atoms with Crippen LogP contribution in [0.4, 0.5) is 0 Å². The van der Waals surface area contributed by atoms with Crippen LogP contribution >= 0.6 is 22.9 Å². The maximum Gasteiger partial charge on any atom is 0.161 e. The molecule has 0 amide bonds. The molecule has 3 rings (SSSR count). The van der Waals surface area contributed by atoms with Crippen LogP contribution in [0.25, 0.3) is 0 Å². The van der Waals surface area contributed by atoms with Crippen LogP contribution in [0.2, 0.25) is 5.02 Å². The fraction of sp³-hybridized carbons (Fsp3) is 0.200. The van der Waals surface area contributed by atoms with Gasteiger partial charge in [0.05, 0.1) is 7.11 Å². The zero-order valence-electron chi connectivity index (χ0n) is 14.4. The minimum absolute atomic E-state index is 0. The second-order valence-electron chi connectivity index (χ2n) is 5.59. The summed E-state index contributed by atoms with van der Waals surface area (Å²) in [6.45, 7) is 2.10. The predicted octanol–water partition coefficient (Wildman–Crippen LogP) is 2.28. The van der Waals surface area contributed by atoms with Crippen molar-refractivity contribution in [2.45, 2.75) is 19.7 Å². The SMILES string of the molecule is COc1cc(CNCc2cccs2)ccc1OCc1cccc(Cl)c1.[Cl-]. The lowest BCUT2D eigenvalue weighted by Gasteiger charge is -2.13. The van der Waals surface area contributed by atoms with Crippen molar-refractivity contribution in [2.75, 3.05) is 7.11 Å². The zero-order chi connectivity index (χ0) is 17.5. The molecule has 1 heterocycles. The van der Waals surface area contributed by atoms with Crippen molar-refractivity contribution in [1.29, 1.82) is 0 Å². The number of hydrogen-bond acceptors (Lipinski definition) is 4. The summed E-state index contributed by atoms with van der Waals surface area (Å²) in [5, 5.41) is 6.24. The minimum Gasteiger partial charge on any atom is -1.00 e. The molecule has 0 radical (unpaired) electrons. The van der Waals surface area contributed by atoms with Gasteiger partial charge >= 0.3 is 0 Å². The average molecular weight is 409 g/mol. The first-order chi connectivity index (χ1) is 12.2. The van der Waals surface area contributed by atoms with Crippen LogP contribution in [-0.2, 0) is 19.7 Å². The quantitative estimate of drug-likeness (QED) is 0.620. The summed E-state index contributed by atoms with van der Waals surface area (Å²) in [5.41, 5.74) is 2.18. The van der Waals surface area contributed by atoms with Gasteiger partial charge in [0.25, 0.3) is 0 Å². The number of thiophene rings is 1. The average Bonchev–Trinajstić information content (AvgIpc) is 3.14. The van der Waals surface area contributed by atoms with Crippen LogP contribution in [0.1, 0.15) is 16.0 Å². The topological polar surface area (TPSA) is 30.5 Å². The van der Waals surface area contributed by atoms with Gasteiger partial charge in [-0.05, 0) is 46.8 Å². The van der Waals surface area contributed by atoms with Crippen molar-refractivity contribution in [2.24, 2.45) is 0 Å². The van der Waals surface area contributed by atoms with E-state index in [-0.39, 0.29) is 12.4 Å². The van der Waals surface area contributed by atoms with Crippen LogP contribution in [-0.4, -0.2) is 7.11 Å². The van der Waals surface area contributed by atoms with Crippen LogP contribution in [0.15, 0.2) is 60.0 Å². The fourth-order valence-electron chi connectivity index (χ4n) is 2.47.